The monoisotopic (exact) mass is 272 g/mol. The molecule has 0 aliphatic heterocycles. The number of rotatable bonds is 3. The molecule has 0 radical (unpaired) electrons. The van der Waals surface area contributed by atoms with Crippen molar-refractivity contribution in [3.05, 3.63) is 40.4 Å². The third-order valence-electron chi connectivity index (χ3n) is 2.66. The summed E-state index contributed by atoms with van der Waals surface area (Å²) in [6, 6.07) is 7.03. The summed E-state index contributed by atoms with van der Waals surface area (Å²) in [5, 5.41) is 0. The molecule has 2 aromatic heterocycles. The van der Waals surface area contributed by atoms with Gasteiger partial charge in [0.15, 0.2) is 11.2 Å². The fraction of sp³-hybridized carbons (Fsp3) is 0.0833. The van der Waals surface area contributed by atoms with Gasteiger partial charge in [-0.15, -0.1) is 0 Å². The minimum atomic E-state index is -0.366. The van der Waals surface area contributed by atoms with Crippen LogP contribution in [-0.4, -0.2) is 19.9 Å². The third-order valence-corrected chi connectivity index (χ3v) is 2.66. The average molecular weight is 272 g/mol. The highest BCUT2D eigenvalue weighted by atomic mass is 16.5. The SMILES string of the molecule is Nc1cccc(OCc2nc3nc(N)[nH]c(=O)c3[nH]2)c1. The van der Waals surface area contributed by atoms with Crippen LogP contribution in [0.25, 0.3) is 11.2 Å². The number of nitrogens with two attached hydrogens (primary N) is 2. The lowest BCUT2D eigenvalue weighted by Gasteiger charge is -2.04. The van der Waals surface area contributed by atoms with Crippen LogP contribution in [0.3, 0.4) is 0 Å². The van der Waals surface area contributed by atoms with Gasteiger partial charge in [0.05, 0.1) is 0 Å². The lowest BCUT2D eigenvalue weighted by molar-refractivity contribution is 0.297. The standard InChI is InChI=1S/C12H12N6O2/c13-6-2-1-3-7(4-6)20-5-8-15-9-10(16-8)17-12(14)18-11(9)19/h1-4H,5,13H2,(H4,14,15,16,17,18,19). The van der Waals surface area contributed by atoms with E-state index in [-0.39, 0.29) is 29.3 Å². The summed E-state index contributed by atoms with van der Waals surface area (Å²) < 4.78 is 5.53. The van der Waals surface area contributed by atoms with Gasteiger partial charge in [-0.05, 0) is 12.1 Å². The molecule has 0 saturated carbocycles. The first-order chi connectivity index (χ1) is 9.61. The number of ether oxygens (including phenoxy) is 1. The number of H-pyrrole nitrogens is 2. The Morgan fingerprint density at radius 2 is 2.05 bits per heavy atom. The van der Waals surface area contributed by atoms with Crippen molar-refractivity contribution in [1.82, 2.24) is 19.9 Å². The molecule has 0 aliphatic carbocycles. The van der Waals surface area contributed by atoms with Crippen LogP contribution in [0.2, 0.25) is 0 Å². The number of fused-ring (bicyclic) bond motifs is 1. The van der Waals surface area contributed by atoms with Crippen LogP contribution in [0.4, 0.5) is 11.6 Å². The second-order valence-electron chi connectivity index (χ2n) is 4.19. The molecule has 20 heavy (non-hydrogen) atoms. The molecule has 2 heterocycles. The largest absolute Gasteiger partial charge is 0.486 e. The Morgan fingerprint density at radius 3 is 2.85 bits per heavy atom. The van der Waals surface area contributed by atoms with E-state index in [9.17, 15) is 4.79 Å². The number of aromatic nitrogens is 4. The zero-order chi connectivity index (χ0) is 14.1. The fourth-order valence-corrected chi connectivity index (χ4v) is 1.80. The number of imidazole rings is 1. The van der Waals surface area contributed by atoms with Crippen LogP contribution in [-0.2, 0) is 6.61 Å². The van der Waals surface area contributed by atoms with Gasteiger partial charge in [0.2, 0.25) is 5.95 Å². The maximum absolute atomic E-state index is 11.6. The Kier molecular flexibility index (Phi) is 2.75. The molecule has 0 amide bonds. The predicted octanol–water partition coefficient (Wildman–Crippen LogP) is 0.390. The Morgan fingerprint density at radius 1 is 1.20 bits per heavy atom. The third kappa shape index (κ3) is 2.26. The molecule has 6 N–H and O–H groups in total. The zero-order valence-electron chi connectivity index (χ0n) is 10.4. The molecule has 1 aromatic carbocycles. The number of hydrogen-bond acceptors (Lipinski definition) is 6. The number of anilines is 2. The summed E-state index contributed by atoms with van der Waals surface area (Å²) in [6.45, 7) is 0.166. The van der Waals surface area contributed by atoms with Crippen molar-refractivity contribution in [2.24, 2.45) is 0 Å². The molecule has 0 spiro atoms. The number of nitrogens with zero attached hydrogens (tertiary/aromatic N) is 2. The van der Waals surface area contributed by atoms with Gasteiger partial charge in [0, 0.05) is 11.8 Å². The number of nitrogens with one attached hydrogen (secondary N) is 2. The highest BCUT2D eigenvalue weighted by Crippen LogP contribution is 2.16. The van der Waals surface area contributed by atoms with Crippen LogP contribution in [0.15, 0.2) is 29.1 Å². The second-order valence-corrected chi connectivity index (χ2v) is 4.19. The highest BCUT2D eigenvalue weighted by molar-refractivity contribution is 5.70. The molecule has 0 unspecified atom stereocenters. The van der Waals surface area contributed by atoms with Crippen molar-refractivity contribution >= 4 is 22.8 Å². The molecule has 0 atom stereocenters. The van der Waals surface area contributed by atoms with E-state index in [4.69, 9.17) is 16.2 Å². The molecule has 0 fully saturated rings. The van der Waals surface area contributed by atoms with E-state index in [1.165, 1.54) is 0 Å². The summed E-state index contributed by atoms with van der Waals surface area (Å²) in [4.78, 5) is 24.9. The molecule has 0 aliphatic rings. The Hall–Kier alpha value is -3.03. The fourth-order valence-electron chi connectivity index (χ4n) is 1.80. The van der Waals surface area contributed by atoms with Gasteiger partial charge < -0.3 is 21.2 Å². The summed E-state index contributed by atoms with van der Waals surface area (Å²) in [5.74, 6) is 1.12. The van der Waals surface area contributed by atoms with Crippen LogP contribution in [0.5, 0.6) is 5.75 Å². The van der Waals surface area contributed by atoms with Gasteiger partial charge in [-0.25, -0.2) is 4.98 Å². The maximum Gasteiger partial charge on any atom is 0.278 e. The van der Waals surface area contributed by atoms with Crippen molar-refractivity contribution in [3.63, 3.8) is 0 Å². The normalized spacial score (nSPS) is 10.8. The van der Waals surface area contributed by atoms with E-state index >= 15 is 0 Å². The van der Waals surface area contributed by atoms with Crippen molar-refractivity contribution in [3.8, 4) is 5.75 Å². The van der Waals surface area contributed by atoms with Gasteiger partial charge in [-0.1, -0.05) is 6.07 Å². The first-order valence-electron chi connectivity index (χ1n) is 5.84. The minimum absolute atomic E-state index is 0.0253. The first kappa shape index (κ1) is 12.0. The van der Waals surface area contributed by atoms with Crippen molar-refractivity contribution < 1.29 is 4.74 Å². The summed E-state index contributed by atoms with van der Waals surface area (Å²) in [5.41, 5.74) is 11.9. The number of benzene rings is 1. The molecule has 3 rings (SSSR count). The lowest BCUT2D eigenvalue weighted by Crippen LogP contribution is -2.10. The maximum atomic E-state index is 11.6. The van der Waals surface area contributed by atoms with Gasteiger partial charge in [0.25, 0.3) is 5.56 Å². The highest BCUT2D eigenvalue weighted by Gasteiger charge is 2.09. The molecule has 0 bridgehead atoms. The molecule has 8 heteroatoms. The van der Waals surface area contributed by atoms with Crippen molar-refractivity contribution in [2.75, 3.05) is 11.5 Å². The molecule has 8 nitrogen and oxygen atoms in total. The lowest BCUT2D eigenvalue weighted by atomic mass is 10.3. The van der Waals surface area contributed by atoms with Crippen LogP contribution < -0.4 is 21.8 Å². The minimum Gasteiger partial charge on any atom is -0.486 e. The molecular weight excluding hydrogens is 260 g/mol. The first-order valence-corrected chi connectivity index (χ1v) is 5.84. The van der Waals surface area contributed by atoms with Gasteiger partial charge in [0.1, 0.15) is 18.2 Å². The van der Waals surface area contributed by atoms with Crippen LogP contribution in [0, 0.1) is 0 Å². The molecular formula is C12H12N6O2. The topological polar surface area (TPSA) is 136 Å². The van der Waals surface area contributed by atoms with Gasteiger partial charge in [-0.2, -0.15) is 4.98 Å². The van der Waals surface area contributed by atoms with Gasteiger partial charge in [-0.3, -0.25) is 9.78 Å². The van der Waals surface area contributed by atoms with E-state index < -0.39 is 0 Å². The van der Waals surface area contributed by atoms with E-state index in [0.29, 0.717) is 17.3 Å². The quantitative estimate of drug-likeness (QED) is 0.509. The number of aromatic amines is 2. The predicted molar refractivity (Wildman–Crippen MR) is 74.1 cm³/mol. The average Bonchev–Trinajstić information content (AvgIpc) is 2.80. The smallest absolute Gasteiger partial charge is 0.278 e. The molecule has 0 saturated heterocycles. The molecule has 3 aromatic rings. The van der Waals surface area contributed by atoms with Crippen molar-refractivity contribution in [2.45, 2.75) is 6.61 Å². The van der Waals surface area contributed by atoms with Crippen LogP contribution in [0.1, 0.15) is 5.82 Å². The van der Waals surface area contributed by atoms with E-state index in [1.54, 1.807) is 24.3 Å². The van der Waals surface area contributed by atoms with Crippen LogP contribution >= 0.6 is 0 Å². The zero-order valence-corrected chi connectivity index (χ0v) is 10.4. The summed E-state index contributed by atoms with van der Waals surface area (Å²) >= 11 is 0. The summed E-state index contributed by atoms with van der Waals surface area (Å²) in [7, 11) is 0. The van der Waals surface area contributed by atoms with E-state index in [2.05, 4.69) is 19.9 Å². The summed E-state index contributed by atoms with van der Waals surface area (Å²) in [6.07, 6.45) is 0. The Balaban J connectivity index is 1.85. The van der Waals surface area contributed by atoms with Crippen molar-refractivity contribution in [1.29, 1.82) is 0 Å². The number of hydrogen-bond donors (Lipinski definition) is 4. The van der Waals surface area contributed by atoms with E-state index in [0.717, 1.165) is 0 Å². The molecule has 102 valence electrons. The Bertz CT molecular complexity index is 822. The van der Waals surface area contributed by atoms with E-state index in [1.807, 2.05) is 0 Å². The number of nitrogen functional groups attached to an aromatic ring is 2. The Labute approximate surface area is 112 Å². The second kappa shape index (κ2) is 4.57. The van der Waals surface area contributed by atoms with Gasteiger partial charge >= 0.3 is 0 Å².